The number of Topliss-reactive ketones (excluding diaryl/α,β-unsaturated/α-hetero) is 1. The van der Waals surface area contributed by atoms with Crippen LogP contribution in [0, 0.1) is 5.82 Å². The van der Waals surface area contributed by atoms with Crippen molar-refractivity contribution in [1.82, 2.24) is 0 Å². The van der Waals surface area contributed by atoms with Crippen LogP contribution in [-0.4, -0.2) is 29.0 Å². The zero-order chi connectivity index (χ0) is 23.9. The number of phenols is 1. The maximum Gasteiger partial charge on any atom is 0.300 e. The minimum Gasteiger partial charge on any atom is -0.508 e. The molecule has 1 heterocycles. The Morgan fingerprint density at radius 1 is 1.00 bits per heavy atom. The molecule has 1 unspecified atom stereocenters. The molecule has 1 saturated heterocycles. The maximum absolute atomic E-state index is 14.0. The van der Waals surface area contributed by atoms with Gasteiger partial charge in [0.15, 0.2) is 0 Å². The molecular weight excluding hydrogens is 472 g/mol. The molecule has 33 heavy (non-hydrogen) atoms. The van der Waals surface area contributed by atoms with Gasteiger partial charge in [-0.05, 0) is 54.1 Å². The normalized spacial score (nSPS) is 17.5. The highest BCUT2D eigenvalue weighted by Gasteiger charge is 2.47. The Kier molecular flexibility index (Phi) is 6.01. The standard InChI is InChI=1S/C24H16Cl2FNO5/c1-33-19-9-4-13(27)10-16(19)22(30)20-21(12-2-6-15(29)7-3-12)28(24(32)23(20)31)14-5-8-17(25)18(26)11-14/h2-11,21,29-30H,1H3/b22-20+. The van der Waals surface area contributed by atoms with E-state index in [1.807, 2.05) is 0 Å². The molecule has 0 aromatic heterocycles. The number of benzene rings is 3. The van der Waals surface area contributed by atoms with E-state index in [0.717, 1.165) is 17.0 Å². The Morgan fingerprint density at radius 3 is 2.33 bits per heavy atom. The molecule has 0 saturated carbocycles. The van der Waals surface area contributed by atoms with E-state index in [4.69, 9.17) is 27.9 Å². The molecule has 1 amide bonds. The summed E-state index contributed by atoms with van der Waals surface area (Å²) in [5.74, 6) is -3.11. The number of ether oxygens (including phenoxy) is 1. The average molecular weight is 488 g/mol. The highest BCUT2D eigenvalue weighted by atomic mass is 35.5. The van der Waals surface area contributed by atoms with Crippen molar-refractivity contribution in [3.63, 3.8) is 0 Å². The Hall–Kier alpha value is -3.55. The van der Waals surface area contributed by atoms with E-state index in [2.05, 4.69) is 0 Å². The Morgan fingerprint density at radius 2 is 1.70 bits per heavy atom. The van der Waals surface area contributed by atoms with Gasteiger partial charge in [-0.2, -0.15) is 0 Å². The summed E-state index contributed by atoms with van der Waals surface area (Å²) in [5, 5.41) is 21.2. The number of hydrogen-bond donors (Lipinski definition) is 2. The van der Waals surface area contributed by atoms with E-state index < -0.39 is 29.3 Å². The number of aromatic hydroxyl groups is 1. The van der Waals surface area contributed by atoms with Crippen LogP contribution in [0.3, 0.4) is 0 Å². The number of carbonyl (C=O) groups is 2. The van der Waals surface area contributed by atoms with Crippen molar-refractivity contribution in [2.45, 2.75) is 6.04 Å². The summed E-state index contributed by atoms with van der Waals surface area (Å²) in [5.41, 5.74) is 0.305. The molecule has 2 N–H and O–H groups in total. The molecule has 1 aliphatic rings. The minimum atomic E-state index is -1.10. The van der Waals surface area contributed by atoms with Gasteiger partial charge in [0.05, 0.1) is 34.3 Å². The van der Waals surface area contributed by atoms with Crippen LogP contribution < -0.4 is 9.64 Å². The fourth-order valence-electron chi connectivity index (χ4n) is 3.72. The summed E-state index contributed by atoms with van der Waals surface area (Å²) in [7, 11) is 1.33. The molecular formula is C24H16Cl2FNO5. The second-order valence-electron chi connectivity index (χ2n) is 7.20. The number of phenolic OH excluding ortho intramolecular Hbond substituents is 1. The van der Waals surface area contributed by atoms with Gasteiger partial charge in [0, 0.05) is 5.69 Å². The van der Waals surface area contributed by atoms with E-state index in [1.165, 1.54) is 55.6 Å². The van der Waals surface area contributed by atoms with Crippen LogP contribution in [0.1, 0.15) is 17.2 Å². The highest BCUT2D eigenvalue weighted by Crippen LogP contribution is 2.44. The molecule has 4 rings (SSSR count). The van der Waals surface area contributed by atoms with Crippen molar-refractivity contribution < 1.29 is 28.9 Å². The fraction of sp³-hybridized carbons (Fsp3) is 0.0833. The first kappa shape index (κ1) is 22.6. The van der Waals surface area contributed by atoms with Crippen molar-refractivity contribution in [1.29, 1.82) is 0 Å². The lowest BCUT2D eigenvalue weighted by Crippen LogP contribution is -2.29. The predicted molar refractivity (Wildman–Crippen MR) is 122 cm³/mol. The van der Waals surface area contributed by atoms with Crippen molar-refractivity contribution in [3.8, 4) is 11.5 Å². The first-order valence-electron chi connectivity index (χ1n) is 9.61. The topological polar surface area (TPSA) is 87.1 Å². The number of carbonyl (C=O) groups excluding carboxylic acids is 2. The number of anilines is 1. The number of nitrogens with zero attached hydrogens (tertiary/aromatic N) is 1. The molecule has 0 aliphatic carbocycles. The van der Waals surface area contributed by atoms with Crippen LogP contribution in [0.15, 0.2) is 66.2 Å². The van der Waals surface area contributed by atoms with Crippen LogP contribution in [-0.2, 0) is 9.59 Å². The van der Waals surface area contributed by atoms with E-state index >= 15 is 0 Å². The SMILES string of the molecule is COc1ccc(F)cc1/C(O)=C1\C(=O)C(=O)N(c2ccc(Cl)c(Cl)c2)C1c1ccc(O)cc1. The van der Waals surface area contributed by atoms with Gasteiger partial charge in [0.25, 0.3) is 11.7 Å². The van der Waals surface area contributed by atoms with Gasteiger partial charge >= 0.3 is 0 Å². The molecule has 168 valence electrons. The van der Waals surface area contributed by atoms with Gasteiger partial charge in [-0.1, -0.05) is 35.3 Å². The highest BCUT2D eigenvalue weighted by molar-refractivity contribution is 6.52. The quantitative estimate of drug-likeness (QED) is 0.289. The van der Waals surface area contributed by atoms with E-state index in [0.29, 0.717) is 5.56 Å². The molecule has 1 fully saturated rings. The average Bonchev–Trinajstić information content (AvgIpc) is 3.06. The van der Waals surface area contributed by atoms with Crippen LogP contribution in [0.2, 0.25) is 10.0 Å². The molecule has 1 aliphatic heterocycles. The molecule has 3 aromatic carbocycles. The third-order valence-corrected chi connectivity index (χ3v) is 5.99. The largest absolute Gasteiger partial charge is 0.508 e. The summed E-state index contributed by atoms with van der Waals surface area (Å²) in [6.07, 6.45) is 0. The van der Waals surface area contributed by atoms with Gasteiger partial charge in [0.1, 0.15) is 23.1 Å². The van der Waals surface area contributed by atoms with Gasteiger partial charge in [-0.25, -0.2) is 4.39 Å². The first-order chi connectivity index (χ1) is 15.7. The summed E-state index contributed by atoms with van der Waals surface area (Å²) in [4.78, 5) is 27.4. The lowest BCUT2D eigenvalue weighted by Gasteiger charge is -2.26. The molecule has 6 nitrogen and oxygen atoms in total. The Labute approximate surface area is 198 Å². The number of aliphatic hydroxyl groups is 1. The molecule has 3 aromatic rings. The van der Waals surface area contributed by atoms with Crippen LogP contribution in [0.5, 0.6) is 11.5 Å². The number of amides is 1. The Bertz CT molecular complexity index is 1310. The zero-order valence-electron chi connectivity index (χ0n) is 17.1. The molecule has 0 bridgehead atoms. The number of methoxy groups -OCH3 is 1. The summed E-state index contributed by atoms with van der Waals surface area (Å²) < 4.78 is 19.2. The lowest BCUT2D eigenvalue weighted by atomic mass is 9.94. The van der Waals surface area contributed by atoms with Crippen LogP contribution in [0.4, 0.5) is 10.1 Å². The number of ketones is 1. The summed E-state index contributed by atoms with van der Waals surface area (Å²) in [6, 6.07) is 12.5. The second-order valence-corrected chi connectivity index (χ2v) is 8.02. The third-order valence-electron chi connectivity index (χ3n) is 5.25. The minimum absolute atomic E-state index is 0.0305. The van der Waals surface area contributed by atoms with Crippen molar-refractivity contribution >= 4 is 46.3 Å². The van der Waals surface area contributed by atoms with Crippen molar-refractivity contribution in [2.24, 2.45) is 0 Å². The second kappa shape index (κ2) is 8.77. The van der Waals surface area contributed by atoms with E-state index in [1.54, 1.807) is 0 Å². The van der Waals surface area contributed by atoms with Gasteiger partial charge in [0.2, 0.25) is 0 Å². The summed E-state index contributed by atoms with van der Waals surface area (Å²) >= 11 is 12.1. The fourth-order valence-corrected chi connectivity index (χ4v) is 4.01. The molecule has 0 radical (unpaired) electrons. The monoisotopic (exact) mass is 487 g/mol. The number of hydrogen-bond acceptors (Lipinski definition) is 5. The van der Waals surface area contributed by atoms with Gasteiger partial charge < -0.3 is 14.9 Å². The smallest absolute Gasteiger partial charge is 0.300 e. The van der Waals surface area contributed by atoms with Crippen molar-refractivity contribution in [2.75, 3.05) is 12.0 Å². The van der Waals surface area contributed by atoms with Crippen molar-refractivity contribution in [3.05, 3.63) is 93.2 Å². The number of halogens is 3. The zero-order valence-corrected chi connectivity index (χ0v) is 18.6. The van der Waals surface area contributed by atoms with Crippen LogP contribution >= 0.6 is 23.2 Å². The number of rotatable bonds is 4. The predicted octanol–water partition coefficient (Wildman–Crippen LogP) is 5.47. The van der Waals surface area contributed by atoms with Gasteiger partial charge in [-0.15, -0.1) is 0 Å². The van der Waals surface area contributed by atoms with Crippen LogP contribution in [0.25, 0.3) is 5.76 Å². The number of aliphatic hydroxyl groups excluding tert-OH is 1. The van der Waals surface area contributed by atoms with Gasteiger partial charge in [-0.3, -0.25) is 14.5 Å². The third kappa shape index (κ3) is 4.01. The Balaban J connectivity index is 1.99. The first-order valence-corrected chi connectivity index (χ1v) is 10.4. The van der Waals surface area contributed by atoms with E-state index in [-0.39, 0.29) is 38.4 Å². The molecule has 1 atom stereocenters. The van der Waals surface area contributed by atoms with E-state index in [9.17, 15) is 24.2 Å². The lowest BCUT2D eigenvalue weighted by molar-refractivity contribution is -0.132. The maximum atomic E-state index is 14.0. The summed E-state index contributed by atoms with van der Waals surface area (Å²) in [6.45, 7) is 0. The molecule has 0 spiro atoms. The molecule has 9 heteroatoms.